The van der Waals surface area contributed by atoms with Gasteiger partial charge in [0, 0.05) is 6.04 Å². The molecular formula is C13H17NO3. The Morgan fingerprint density at radius 1 is 1.24 bits per heavy atom. The van der Waals surface area contributed by atoms with Crippen LogP contribution >= 0.6 is 0 Å². The van der Waals surface area contributed by atoms with Crippen LogP contribution in [0, 0.1) is 0 Å². The van der Waals surface area contributed by atoms with Crippen LogP contribution in [0.3, 0.4) is 0 Å². The summed E-state index contributed by atoms with van der Waals surface area (Å²) in [7, 11) is 0. The minimum absolute atomic E-state index is 0.0259. The quantitative estimate of drug-likeness (QED) is 0.698. The van der Waals surface area contributed by atoms with Gasteiger partial charge in [-0.3, -0.25) is 4.79 Å². The molecule has 0 atom stereocenters. The van der Waals surface area contributed by atoms with E-state index in [0.717, 1.165) is 12.8 Å². The maximum Gasteiger partial charge on any atom is 0.224 e. The third-order valence-corrected chi connectivity index (χ3v) is 3.12. The fourth-order valence-corrected chi connectivity index (χ4v) is 2.21. The number of hydrogen-bond acceptors (Lipinski definition) is 3. The lowest BCUT2D eigenvalue weighted by Gasteiger charge is -2.11. The molecule has 1 saturated carbocycles. The van der Waals surface area contributed by atoms with Crippen LogP contribution < -0.4 is 5.32 Å². The summed E-state index contributed by atoms with van der Waals surface area (Å²) in [5.74, 6) is -0.372. The summed E-state index contributed by atoms with van der Waals surface area (Å²) in [4.78, 5) is 11.7. The predicted molar refractivity (Wildman–Crippen MR) is 63.9 cm³/mol. The van der Waals surface area contributed by atoms with Crippen molar-refractivity contribution >= 4 is 5.91 Å². The molecule has 1 amide bonds. The van der Waals surface area contributed by atoms with Crippen LogP contribution in [0.1, 0.15) is 31.2 Å². The van der Waals surface area contributed by atoms with E-state index in [2.05, 4.69) is 5.32 Å². The number of carbonyl (C=O) groups excluding carboxylic acids is 1. The Labute approximate surface area is 100 Å². The van der Waals surface area contributed by atoms with E-state index < -0.39 is 0 Å². The number of rotatable bonds is 3. The first-order valence-electron chi connectivity index (χ1n) is 5.95. The summed E-state index contributed by atoms with van der Waals surface area (Å²) in [5, 5.41) is 21.5. The highest BCUT2D eigenvalue weighted by atomic mass is 16.3. The second kappa shape index (κ2) is 5.08. The van der Waals surface area contributed by atoms with E-state index in [1.807, 2.05) is 0 Å². The van der Waals surface area contributed by atoms with Gasteiger partial charge in [0.25, 0.3) is 0 Å². The van der Waals surface area contributed by atoms with Crippen molar-refractivity contribution in [3.63, 3.8) is 0 Å². The van der Waals surface area contributed by atoms with E-state index in [9.17, 15) is 9.90 Å². The number of phenolic OH excluding ortho intramolecular Hbond substituents is 2. The second-order valence-electron chi connectivity index (χ2n) is 4.55. The third-order valence-electron chi connectivity index (χ3n) is 3.12. The molecule has 1 aliphatic carbocycles. The molecule has 1 fully saturated rings. The van der Waals surface area contributed by atoms with Gasteiger partial charge in [-0.2, -0.15) is 0 Å². The monoisotopic (exact) mass is 235 g/mol. The van der Waals surface area contributed by atoms with Crippen molar-refractivity contribution in [3.05, 3.63) is 23.8 Å². The molecule has 0 radical (unpaired) electrons. The molecule has 0 heterocycles. The van der Waals surface area contributed by atoms with Crippen molar-refractivity contribution in [1.29, 1.82) is 0 Å². The van der Waals surface area contributed by atoms with Gasteiger partial charge in [0.1, 0.15) is 0 Å². The zero-order valence-electron chi connectivity index (χ0n) is 9.65. The Kier molecular flexibility index (Phi) is 3.52. The molecule has 1 aromatic carbocycles. The molecule has 1 aliphatic rings. The van der Waals surface area contributed by atoms with Crippen molar-refractivity contribution in [2.24, 2.45) is 0 Å². The highest BCUT2D eigenvalue weighted by molar-refractivity contribution is 5.79. The van der Waals surface area contributed by atoms with Crippen LogP contribution in [-0.2, 0) is 11.2 Å². The maximum absolute atomic E-state index is 11.7. The summed E-state index contributed by atoms with van der Waals surface area (Å²) in [6.45, 7) is 0. The third kappa shape index (κ3) is 3.12. The molecule has 0 aromatic heterocycles. The van der Waals surface area contributed by atoms with Gasteiger partial charge in [0.05, 0.1) is 6.42 Å². The summed E-state index contributed by atoms with van der Waals surface area (Å²) >= 11 is 0. The molecule has 0 bridgehead atoms. The number of benzene rings is 1. The molecular weight excluding hydrogens is 218 g/mol. The topological polar surface area (TPSA) is 69.6 Å². The van der Waals surface area contributed by atoms with Crippen LogP contribution in [0.4, 0.5) is 0 Å². The lowest BCUT2D eigenvalue weighted by molar-refractivity contribution is -0.121. The predicted octanol–water partition coefficient (Wildman–Crippen LogP) is 1.70. The highest BCUT2D eigenvalue weighted by Crippen LogP contribution is 2.25. The molecule has 1 aromatic rings. The molecule has 3 N–H and O–H groups in total. The number of nitrogens with one attached hydrogen (secondary N) is 1. The zero-order valence-corrected chi connectivity index (χ0v) is 9.65. The fraction of sp³-hybridized carbons (Fsp3) is 0.462. The number of aromatic hydroxyl groups is 2. The molecule has 92 valence electrons. The highest BCUT2D eigenvalue weighted by Gasteiger charge is 2.17. The van der Waals surface area contributed by atoms with Crippen molar-refractivity contribution in [2.75, 3.05) is 0 Å². The smallest absolute Gasteiger partial charge is 0.224 e. The Bertz CT molecular complexity index is 411. The van der Waals surface area contributed by atoms with Crippen LogP contribution in [0.15, 0.2) is 18.2 Å². The van der Waals surface area contributed by atoms with Gasteiger partial charge in [-0.05, 0) is 30.5 Å². The average Bonchev–Trinajstić information content (AvgIpc) is 2.76. The van der Waals surface area contributed by atoms with Gasteiger partial charge in [-0.25, -0.2) is 0 Å². The van der Waals surface area contributed by atoms with E-state index in [4.69, 9.17) is 5.11 Å². The van der Waals surface area contributed by atoms with Gasteiger partial charge in [0.2, 0.25) is 5.91 Å². The maximum atomic E-state index is 11.7. The first-order chi connectivity index (χ1) is 8.15. The van der Waals surface area contributed by atoms with E-state index in [1.165, 1.54) is 25.0 Å². The average molecular weight is 235 g/mol. The summed E-state index contributed by atoms with van der Waals surface area (Å²) in [5.41, 5.74) is 0.704. The van der Waals surface area contributed by atoms with E-state index in [1.54, 1.807) is 6.07 Å². The Balaban J connectivity index is 1.90. The van der Waals surface area contributed by atoms with Gasteiger partial charge < -0.3 is 15.5 Å². The molecule has 4 heteroatoms. The summed E-state index contributed by atoms with van der Waals surface area (Å²) in [6.07, 6.45) is 4.74. The zero-order chi connectivity index (χ0) is 12.3. The molecule has 0 saturated heterocycles. The largest absolute Gasteiger partial charge is 0.504 e. The molecule has 2 rings (SSSR count). The van der Waals surface area contributed by atoms with Crippen molar-refractivity contribution in [2.45, 2.75) is 38.1 Å². The molecule has 0 aliphatic heterocycles. The molecule has 0 spiro atoms. The minimum atomic E-state index is -0.184. The van der Waals surface area contributed by atoms with E-state index in [0.29, 0.717) is 11.6 Å². The number of phenols is 2. The van der Waals surface area contributed by atoms with E-state index in [-0.39, 0.29) is 23.8 Å². The summed E-state index contributed by atoms with van der Waals surface area (Å²) < 4.78 is 0. The molecule has 4 nitrogen and oxygen atoms in total. The van der Waals surface area contributed by atoms with Gasteiger partial charge in [0.15, 0.2) is 11.5 Å². The lowest BCUT2D eigenvalue weighted by atomic mass is 10.1. The van der Waals surface area contributed by atoms with Gasteiger partial charge in [-0.15, -0.1) is 0 Å². The Morgan fingerprint density at radius 3 is 2.59 bits per heavy atom. The Hall–Kier alpha value is -1.71. The normalized spacial score (nSPS) is 16.0. The number of hydrogen-bond donors (Lipinski definition) is 3. The van der Waals surface area contributed by atoms with Gasteiger partial charge in [-0.1, -0.05) is 18.9 Å². The van der Waals surface area contributed by atoms with Crippen molar-refractivity contribution in [3.8, 4) is 11.5 Å². The first kappa shape index (κ1) is 11.8. The summed E-state index contributed by atoms with van der Waals surface area (Å²) in [6, 6.07) is 4.77. The first-order valence-corrected chi connectivity index (χ1v) is 5.95. The van der Waals surface area contributed by atoms with Crippen LogP contribution in [0.2, 0.25) is 0 Å². The minimum Gasteiger partial charge on any atom is -0.504 e. The fourth-order valence-electron chi connectivity index (χ4n) is 2.21. The van der Waals surface area contributed by atoms with E-state index >= 15 is 0 Å². The molecule has 17 heavy (non-hydrogen) atoms. The second-order valence-corrected chi connectivity index (χ2v) is 4.55. The SMILES string of the molecule is O=C(Cc1ccc(O)c(O)c1)NC1CCCC1. The van der Waals surface area contributed by atoms with Crippen molar-refractivity contribution < 1.29 is 15.0 Å². The lowest BCUT2D eigenvalue weighted by Crippen LogP contribution is -2.33. The number of carbonyl (C=O) groups is 1. The van der Waals surface area contributed by atoms with Crippen LogP contribution in [0.5, 0.6) is 11.5 Å². The van der Waals surface area contributed by atoms with Crippen LogP contribution in [0.25, 0.3) is 0 Å². The standard InChI is InChI=1S/C13H17NO3/c15-11-6-5-9(7-12(11)16)8-13(17)14-10-3-1-2-4-10/h5-7,10,15-16H,1-4,8H2,(H,14,17). The molecule has 0 unspecified atom stereocenters. The van der Waals surface area contributed by atoms with Crippen molar-refractivity contribution in [1.82, 2.24) is 5.32 Å². The van der Waals surface area contributed by atoms with Crippen LogP contribution in [-0.4, -0.2) is 22.2 Å². The Morgan fingerprint density at radius 2 is 1.94 bits per heavy atom. The number of amides is 1. The van der Waals surface area contributed by atoms with Gasteiger partial charge >= 0.3 is 0 Å².